The van der Waals surface area contributed by atoms with E-state index in [0.29, 0.717) is 0 Å². The zero-order chi connectivity index (χ0) is 15.1. The number of halogens is 1. The summed E-state index contributed by atoms with van der Waals surface area (Å²) in [5, 5.41) is 6.63. The summed E-state index contributed by atoms with van der Waals surface area (Å²) >= 11 is 1.72. The number of hydrogen-bond acceptors (Lipinski definition) is 3. The Morgan fingerprint density at radius 2 is 2.10 bits per heavy atom. The summed E-state index contributed by atoms with van der Waals surface area (Å²) in [4.78, 5) is 4.79. The van der Waals surface area contributed by atoms with Gasteiger partial charge in [-0.2, -0.15) is 0 Å². The molecule has 1 N–H and O–H groups in total. The first kappa shape index (κ1) is 14.7. The fourth-order valence-electron chi connectivity index (χ4n) is 2.70. The Morgan fingerprint density at radius 3 is 2.62 bits per heavy atom. The van der Waals surface area contributed by atoms with Gasteiger partial charge in [0.25, 0.3) is 0 Å². The van der Waals surface area contributed by atoms with E-state index in [0.717, 1.165) is 35.8 Å². The van der Waals surface area contributed by atoms with Gasteiger partial charge in [0.1, 0.15) is 5.82 Å². The zero-order valence-corrected chi connectivity index (χ0v) is 13.6. The van der Waals surface area contributed by atoms with Gasteiger partial charge in [-0.15, -0.1) is 11.3 Å². The van der Waals surface area contributed by atoms with Crippen molar-refractivity contribution in [2.75, 3.05) is 13.1 Å². The van der Waals surface area contributed by atoms with E-state index in [1.54, 1.807) is 23.5 Å². The van der Waals surface area contributed by atoms with Gasteiger partial charge >= 0.3 is 0 Å². The average molecular weight is 304 g/mol. The molecule has 1 aromatic carbocycles. The fraction of sp³-hybridized carbons (Fsp3) is 0.471. The van der Waals surface area contributed by atoms with E-state index in [1.165, 1.54) is 6.07 Å². The summed E-state index contributed by atoms with van der Waals surface area (Å²) in [5.74, 6) is -0.159. The normalized spacial score (nSPS) is 17.5. The molecule has 1 aliphatic heterocycles. The molecule has 0 saturated carbocycles. The molecular weight excluding hydrogens is 283 g/mol. The summed E-state index contributed by atoms with van der Waals surface area (Å²) < 4.78 is 13.5. The molecule has 0 bridgehead atoms. The third-order valence-corrected chi connectivity index (χ3v) is 5.02. The van der Waals surface area contributed by atoms with E-state index in [2.05, 4.69) is 31.5 Å². The summed E-state index contributed by atoms with van der Waals surface area (Å²) in [5.41, 5.74) is 2.30. The van der Waals surface area contributed by atoms with Crippen molar-refractivity contribution in [3.05, 3.63) is 51.7 Å². The topological polar surface area (TPSA) is 24.9 Å². The third-order valence-electron chi connectivity index (χ3n) is 4.17. The van der Waals surface area contributed by atoms with Crippen molar-refractivity contribution >= 4 is 11.3 Å². The molecule has 0 spiro atoms. The average Bonchev–Trinajstić information content (AvgIpc) is 2.82. The first-order valence-corrected chi connectivity index (χ1v) is 8.19. The molecule has 0 aliphatic carbocycles. The van der Waals surface area contributed by atoms with Gasteiger partial charge in [-0.25, -0.2) is 9.37 Å². The first-order valence-electron chi connectivity index (χ1n) is 7.31. The van der Waals surface area contributed by atoms with Crippen LogP contribution in [0.2, 0.25) is 0 Å². The lowest BCUT2D eigenvalue weighted by atomic mass is 9.73. The quantitative estimate of drug-likeness (QED) is 0.936. The largest absolute Gasteiger partial charge is 0.315 e. The SMILES string of the molecule is CC(C)(C)c1csc(CC2(c3cccc(F)c3)CNC2)n1. The van der Waals surface area contributed by atoms with Crippen molar-refractivity contribution < 1.29 is 4.39 Å². The molecule has 0 amide bonds. The predicted molar refractivity (Wildman–Crippen MR) is 85.5 cm³/mol. The third kappa shape index (κ3) is 2.87. The van der Waals surface area contributed by atoms with Crippen molar-refractivity contribution in [3.8, 4) is 0 Å². The molecular formula is C17H21FN2S. The molecule has 21 heavy (non-hydrogen) atoms. The van der Waals surface area contributed by atoms with Gasteiger partial charge in [0.2, 0.25) is 0 Å². The number of nitrogens with one attached hydrogen (secondary N) is 1. The van der Waals surface area contributed by atoms with Crippen LogP contribution in [0.15, 0.2) is 29.6 Å². The van der Waals surface area contributed by atoms with Crippen LogP contribution in [0.1, 0.15) is 37.0 Å². The van der Waals surface area contributed by atoms with Crippen molar-refractivity contribution in [2.24, 2.45) is 0 Å². The Kier molecular flexibility index (Phi) is 3.62. The summed E-state index contributed by atoms with van der Waals surface area (Å²) in [6.45, 7) is 8.32. The van der Waals surface area contributed by atoms with E-state index >= 15 is 0 Å². The summed E-state index contributed by atoms with van der Waals surface area (Å²) in [6, 6.07) is 7.00. The minimum atomic E-state index is -0.159. The van der Waals surface area contributed by atoms with E-state index < -0.39 is 0 Å². The Balaban J connectivity index is 1.86. The lowest BCUT2D eigenvalue weighted by Crippen LogP contribution is -2.58. The van der Waals surface area contributed by atoms with Gasteiger partial charge in [0, 0.05) is 35.7 Å². The first-order chi connectivity index (χ1) is 9.89. The smallest absolute Gasteiger partial charge is 0.123 e. The molecule has 0 unspecified atom stereocenters. The van der Waals surface area contributed by atoms with Crippen LogP contribution in [0.5, 0.6) is 0 Å². The van der Waals surface area contributed by atoms with Crippen LogP contribution in [0.4, 0.5) is 4.39 Å². The monoisotopic (exact) mass is 304 g/mol. The van der Waals surface area contributed by atoms with Gasteiger partial charge in [0.05, 0.1) is 10.7 Å². The van der Waals surface area contributed by atoms with Crippen LogP contribution in [-0.2, 0) is 17.3 Å². The highest BCUT2D eigenvalue weighted by molar-refractivity contribution is 7.09. The molecule has 0 atom stereocenters. The molecule has 1 saturated heterocycles. The second-order valence-corrected chi connectivity index (χ2v) is 7.89. The van der Waals surface area contributed by atoms with E-state index in [4.69, 9.17) is 4.98 Å². The molecule has 2 heterocycles. The molecule has 112 valence electrons. The standard InChI is InChI=1S/C17H21FN2S/c1-16(2,3)14-9-21-15(20-14)8-17(10-19-11-17)12-5-4-6-13(18)7-12/h4-7,9,19H,8,10-11H2,1-3H3. The van der Waals surface area contributed by atoms with E-state index in [9.17, 15) is 4.39 Å². The highest BCUT2D eigenvalue weighted by atomic mass is 32.1. The van der Waals surface area contributed by atoms with Gasteiger partial charge in [0.15, 0.2) is 0 Å². The second-order valence-electron chi connectivity index (χ2n) is 6.95. The number of benzene rings is 1. The molecule has 1 fully saturated rings. The second kappa shape index (κ2) is 5.18. The number of hydrogen-bond donors (Lipinski definition) is 1. The minimum absolute atomic E-state index is 0.00485. The van der Waals surface area contributed by atoms with Crippen molar-refractivity contribution in [3.63, 3.8) is 0 Å². The Labute approximate surface area is 129 Å². The summed E-state index contributed by atoms with van der Waals surface area (Å²) in [6.07, 6.45) is 0.879. The molecule has 4 heteroatoms. The zero-order valence-electron chi connectivity index (χ0n) is 12.7. The van der Waals surface area contributed by atoms with Crippen LogP contribution < -0.4 is 5.32 Å². The lowest BCUT2D eigenvalue weighted by molar-refractivity contribution is 0.273. The van der Waals surface area contributed by atoms with E-state index in [-0.39, 0.29) is 16.6 Å². The Morgan fingerprint density at radius 1 is 1.33 bits per heavy atom. The van der Waals surface area contributed by atoms with Crippen LogP contribution in [0.25, 0.3) is 0 Å². The molecule has 3 rings (SSSR count). The highest BCUT2D eigenvalue weighted by Gasteiger charge is 2.40. The van der Waals surface area contributed by atoms with Crippen molar-refractivity contribution in [1.82, 2.24) is 10.3 Å². The Bertz CT molecular complexity index is 638. The van der Waals surface area contributed by atoms with Gasteiger partial charge < -0.3 is 5.32 Å². The van der Waals surface area contributed by atoms with Crippen LogP contribution >= 0.6 is 11.3 Å². The number of rotatable bonds is 3. The van der Waals surface area contributed by atoms with Gasteiger partial charge in [-0.1, -0.05) is 32.9 Å². The number of thiazole rings is 1. The maximum Gasteiger partial charge on any atom is 0.123 e. The van der Waals surface area contributed by atoms with Crippen LogP contribution in [0, 0.1) is 5.82 Å². The van der Waals surface area contributed by atoms with Crippen LogP contribution in [0.3, 0.4) is 0 Å². The lowest BCUT2D eigenvalue weighted by Gasteiger charge is -2.43. The van der Waals surface area contributed by atoms with E-state index in [1.807, 2.05) is 6.07 Å². The summed E-state index contributed by atoms with van der Waals surface area (Å²) in [7, 11) is 0. The predicted octanol–water partition coefficient (Wildman–Crippen LogP) is 3.66. The maximum absolute atomic E-state index is 13.5. The number of aromatic nitrogens is 1. The maximum atomic E-state index is 13.5. The minimum Gasteiger partial charge on any atom is -0.315 e. The molecule has 2 aromatic rings. The van der Waals surface area contributed by atoms with Gasteiger partial charge in [-0.05, 0) is 17.7 Å². The molecule has 1 aliphatic rings. The van der Waals surface area contributed by atoms with Crippen molar-refractivity contribution in [2.45, 2.75) is 38.0 Å². The van der Waals surface area contributed by atoms with Crippen molar-refractivity contribution in [1.29, 1.82) is 0 Å². The fourth-order valence-corrected chi connectivity index (χ4v) is 3.87. The van der Waals surface area contributed by atoms with Crippen LogP contribution in [-0.4, -0.2) is 18.1 Å². The number of nitrogens with zero attached hydrogens (tertiary/aromatic N) is 1. The van der Waals surface area contributed by atoms with Gasteiger partial charge in [-0.3, -0.25) is 0 Å². The molecule has 1 aromatic heterocycles. The molecule has 2 nitrogen and oxygen atoms in total. The Hall–Kier alpha value is -1.26. The molecule has 0 radical (unpaired) electrons. The highest BCUT2D eigenvalue weighted by Crippen LogP contribution is 2.34.